The number of rotatable bonds is 10. The summed E-state index contributed by atoms with van der Waals surface area (Å²) >= 11 is 0. The van der Waals surface area contributed by atoms with Crippen molar-refractivity contribution in [1.82, 2.24) is 9.80 Å². The van der Waals surface area contributed by atoms with Gasteiger partial charge in [-0.1, -0.05) is 48.5 Å². The van der Waals surface area contributed by atoms with Gasteiger partial charge in [-0.15, -0.1) is 0 Å². The van der Waals surface area contributed by atoms with E-state index in [4.69, 9.17) is 14.2 Å². The Morgan fingerprint density at radius 1 is 0.865 bits per heavy atom. The highest BCUT2D eigenvalue weighted by molar-refractivity contribution is 5.95. The Hall–Kier alpha value is -3.51. The second-order valence-electron chi connectivity index (χ2n) is 10.1. The van der Waals surface area contributed by atoms with Crippen LogP contribution in [0.15, 0.2) is 72.8 Å². The first kappa shape index (κ1) is 25.2. The highest BCUT2D eigenvalue weighted by atomic mass is 16.5. The molecule has 6 nitrogen and oxygen atoms in total. The average molecular weight is 501 g/mol. The second-order valence-corrected chi connectivity index (χ2v) is 10.1. The minimum absolute atomic E-state index is 0.0417. The van der Waals surface area contributed by atoms with Gasteiger partial charge in [0.15, 0.2) is 0 Å². The topological polar surface area (TPSA) is 51.2 Å². The number of para-hydroxylation sites is 1. The maximum absolute atomic E-state index is 13.9. The molecule has 5 rings (SSSR count). The molecule has 6 heteroatoms. The van der Waals surface area contributed by atoms with E-state index < -0.39 is 0 Å². The van der Waals surface area contributed by atoms with Gasteiger partial charge in [-0.3, -0.25) is 9.69 Å². The molecule has 3 aromatic rings. The summed E-state index contributed by atoms with van der Waals surface area (Å²) in [6, 6.07) is 24.6. The standard InChI is InChI=1S/C31H36N2O4/c1-35-26-15-23(16-27(17-26)36-2)31(34)33(25-13-14-25)20-24-19-32(18-22-9-5-4-6-10-22)21-29(24)28-11-7-8-12-30(28)37-3/h4-12,15-17,24-25,29H,13-14,18-21H2,1-3H3. The number of nitrogens with zero attached hydrogens (tertiary/aromatic N) is 2. The third kappa shape index (κ3) is 5.75. The highest BCUT2D eigenvalue weighted by Crippen LogP contribution is 2.40. The van der Waals surface area contributed by atoms with Gasteiger partial charge in [0.25, 0.3) is 5.91 Å². The van der Waals surface area contributed by atoms with Crippen LogP contribution in [-0.4, -0.2) is 62.7 Å². The Labute approximate surface area is 219 Å². The van der Waals surface area contributed by atoms with Crippen molar-refractivity contribution < 1.29 is 19.0 Å². The Bertz CT molecular complexity index is 1190. The van der Waals surface area contributed by atoms with Gasteiger partial charge in [0, 0.05) is 49.8 Å². The molecule has 0 bridgehead atoms. The van der Waals surface area contributed by atoms with Crippen LogP contribution >= 0.6 is 0 Å². The molecule has 2 fully saturated rings. The van der Waals surface area contributed by atoms with Crippen molar-refractivity contribution in [3.63, 3.8) is 0 Å². The first-order chi connectivity index (χ1) is 18.1. The summed E-state index contributed by atoms with van der Waals surface area (Å²) in [4.78, 5) is 18.5. The molecule has 0 spiro atoms. The molecular formula is C31H36N2O4. The third-order valence-corrected chi connectivity index (χ3v) is 7.58. The lowest BCUT2D eigenvalue weighted by atomic mass is 9.87. The number of carbonyl (C=O) groups excluding carboxylic acids is 1. The van der Waals surface area contributed by atoms with Crippen LogP contribution in [0.2, 0.25) is 0 Å². The summed E-state index contributed by atoms with van der Waals surface area (Å²) in [6.45, 7) is 3.46. The largest absolute Gasteiger partial charge is 0.497 e. The Kier molecular flexibility index (Phi) is 7.65. The number of amides is 1. The van der Waals surface area contributed by atoms with Crippen LogP contribution in [0.25, 0.3) is 0 Å². The van der Waals surface area contributed by atoms with E-state index in [2.05, 4.69) is 52.3 Å². The summed E-state index contributed by atoms with van der Waals surface area (Å²) in [5.74, 6) is 2.77. The lowest BCUT2D eigenvalue weighted by Crippen LogP contribution is -2.39. The summed E-state index contributed by atoms with van der Waals surface area (Å²) in [5.41, 5.74) is 3.13. The van der Waals surface area contributed by atoms with Gasteiger partial charge in [-0.25, -0.2) is 0 Å². The van der Waals surface area contributed by atoms with E-state index >= 15 is 0 Å². The molecule has 1 aliphatic heterocycles. The van der Waals surface area contributed by atoms with E-state index in [-0.39, 0.29) is 23.8 Å². The summed E-state index contributed by atoms with van der Waals surface area (Å²) in [6.07, 6.45) is 2.10. The van der Waals surface area contributed by atoms with Gasteiger partial charge in [0.1, 0.15) is 17.2 Å². The second kappa shape index (κ2) is 11.3. The summed E-state index contributed by atoms with van der Waals surface area (Å²) in [5, 5.41) is 0. The van der Waals surface area contributed by atoms with Gasteiger partial charge < -0.3 is 19.1 Å². The molecule has 37 heavy (non-hydrogen) atoms. The Morgan fingerprint density at radius 2 is 1.54 bits per heavy atom. The fourth-order valence-corrected chi connectivity index (χ4v) is 5.57. The van der Waals surface area contributed by atoms with E-state index in [1.54, 1.807) is 27.4 Å². The zero-order chi connectivity index (χ0) is 25.8. The van der Waals surface area contributed by atoms with Crippen molar-refractivity contribution in [1.29, 1.82) is 0 Å². The van der Waals surface area contributed by atoms with Crippen LogP contribution in [0.5, 0.6) is 17.2 Å². The lowest BCUT2D eigenvalue weighted by molar-refractivity contribution is 0.0710. The van der Waals surface area contributed by atoms with Gasteiger partial charge in [-0.2, -0.15) is 0 Å². The minimum Gasteiger partial charge on any atom is -0.497 e. The molecule has 2 unspecified atom stereocenters. The van der Waals surface area contributed by atoms with E-state index in [1.165, 1.54) is 11.1 Å². The Balaban J connectivity index is 1.43. The van der Waals surface area contributed by atoms with Crippen LogP contribution in [0, 0.1) is 5.92 Å². The first-order valence-corrected chi connectivity index (χ1v) is 13.0. The van der Waals surface area contributed by atoms with E-state index in [0.29, 0.717) is 23.6 Å². The van der Waals surface area contributed by atoms with Gasteiger partial charge in [-0.05, 0) is 48.1 Å². The molecular weight excluding hydrogens is 464 g/mol. The number of ether oxygens (including phenoxy) is 3. The number of likely N-dealkylation sites (tertiary alicyclic amines) is 1. The number of hydrogen-bond donors (Lipinski definition) is 0. The number of carbonyl (C=O) groups is 1. The van der Waals surface area contributed by atoms with E-state index in [9.17, 15) is 4.79 Å². The average Bonchev–Trinajstić information content (AvgIpc) is 3.72. The van der Waals surface area contributed by atoms with Gasteiger partial charge in [0.05, 0.1) is 21.3 Å². The molecule has 1 heterocycles. The molecule has 2 aliphatic rings. The van der Waals surface area contributed by atoms with Crippen LogP contribution in [0.3, 0.4) is 0 Å². The number of hydrogen-bond acceptors (Lipinski definition) is 5. The zero-order valence-corrected chi connectivity index (χ0v) is 21.9. The monoisotopic (exact) mass is 500 g/mol. The van der Waals surface area contributed by atoms with Crippen molar-refractivity contribution in [2.45, 2.75) is 31.3 Å². The smallest absolute Gasteiger partial charge is 0.254 e. The van der Waals surface area contributed by atoms with Gasteiger partial charge in [0.2, 0.25) is 0 Å². The quantitative estimate of drug-likeness (QED) is 0.381. The van der Waals surface area contributed by atoms with E-state index in [1.807, 2.05) is 24.3 Å². The fourth-order valence-electron chi connectivity index (χ4n) is 5.57. The molecule has 3 aromatic carbocycles. The predicted octanol–water partition coefficient (Wildman–Crippen LogP) is 5.23. The fraction of sp³-hybridized carbons (Fsp3) is 0.387. The molecule has 1 saturated carbocycles. The minimum atomic E-state index is 0.0417. The zero-order valence-electron chi connectivity index (χ0n) is 21.9. The first-order valence-electron chi connectivity index (χ1n) is 13.0. The summed E-state index contributed by atoms with van der Waals surface area (Å²) < 4.78 is 16.6. The molecule has 0 N–H and O–H groups in total. The third-order valence-electron chi connectivity index (χ3n) is 7.58. The molecule has 1 amide bonds. The van der Waals surface area contributed by atoms with Crippen LogP contribution in [0.1, 0.15) is 40.2 Å². The normalized spacial score (nSPS) is 19.4. The Morgan fingerprint density at radius 3 is 2.19 bits per heavy atom. The summed E-state index contributed by atoms with van der Waals surface area (Å²) in [7, 11) is 4.96. The van der Waals surface area contributed by atoms with Crippen molar-refractivity contribution in [2.24, 2.45) is 5.92 Å². The molecule has 1 saturated heterocycles. The molecule has 0 radical (unpaired) electrons. The van der Waals surface area contributed by atoms with Crippen LogP contribution in [0.4, 0.5) is 0 Å². The number of methoxy groups -OCH3 is 3. The molecule has 0 aromatic heterocycles. The molecule has 1 aliphatic carbocycles. The van der Waals surface area contributed by atoms with Crippen molar-refractivity contribution in [3.05, 3.63) is 89.5 Å². The maximum atomic E-state index is 13.9. The van der Waals surface area contributed by atoms with E-state index in [0.717, 1.165) is 38.2 Å². The lowest BCUT2D eigenvalue weighted by Gasteiger charge is -2.29. The van der Waals surface area contributed by atoms with Crippen molar-refractivity contribution in [2.75, 3.05) is 41.0 Å². The SMILES string of the molecule is COc1cc(OC)cc(C(=O)N(CC2CN(Cc3ccccc3)CC2c2ccccc2OC)C2CC2)c1. The predicted molar refractivity (Wildman–Crippen MR) is 145 cm³/mol. The van der Waals surface area contributed by atoms with Crippen molar-refractivity contribution >= 4 is 5.91 Å². The van der Waals surface area contributed by atoms with Crippen LogP contribution in [-0.2, 0) is 6.54 Å². The van der Waals surface area contributed by atoms with Crippen molar-refractivity contribution in [3.8, 4) is 17.2 Å². The van der Waals surface area contributed by atoms with Crippen LogP contribution < -0.4 is 14.2 Å². The number of benzene rings is 3. The molecule has 2 atom stereocenters. The highest BCUT2D eigenvalue weighted by Gasteiger charge is 2.41. The van der Waals surface area contributed by atoms with Gasteiger partial charge >= 0.3 is 0 Å². The molecule has 194 valence electrons. The maximum Gasteiger partial charge on any atom is 0.254 e.